The second-order valence-electron chi connectivity index (χ2n) is 10.8. The van der Waals surface area contributed by atoms with Crippen LogP contribution in [-0.2, 0) is 37.4 Å². The molecule has 0 radical (unpaired) electrons. The Hall–Kier alpha value is -3.45. The molecule has 0 saturated carbocycles. The number of halogens is 2. The normalized spacial score (nSPS) is 12.7. The Morgan fingerprint density at radius 1 is 1.02 bits per heavy atom. The summed E-state index contributed by atoms with van der Waals surface area (Å²) in [7, 11) is -4.32. The van der Waals surface area contributed by atoms with Crippen molar-refractivity contribution >= 4 is 52.0 Å². The van der Waals surface area contributed by atoms with E-state index >= 15 is 0 Å². The molecular formula is C33H39ClFN3O6S2. The van der Waals surface area contributed by atoms with E-state index in [-0.39, 0.29) is 64.9 Å². The van der Waals surface area contributed by atoms with Crippen LogP contribution in [0.15, 0.2) is 71.6 Å². The van der Waals surface area contributed by atoms with Crippen LogP contribution < -0.4 is 10.0 Å². The Kier molecular flexibility index (Phi) is 14.1. The Bertz CT molecular complexity index is 1640. The lowest BCUT2D eigenvalue weighted by atomic mass is 9.99. The van der Waals surface area contributed by atoms with Gasteiger partial charge in [-0.3, -0.25) is 14.4 Å². The molecule has 3 N–H and O–H groups in total. The van der Waals surface area contributed by atoms with Crippen molar-refractivity contribution in [3.05, 3.63) is 88.7 Å². The van der Waals surface area contributed by atoms with Crippen LogP contribution in [0.4, 0.5) is 4.39 Å². The minimum atomic E-state index is -4.32. The fourth-order valence-corrected chi connectivity index (χ4v) is 6.57. The van der Waals surface area contributed by atoms with Gasteiger partial charge in [0.25, 0.3) is 15.9 Å². The van der Waals surface area contributed by atoms with Crippen LogP contribution >= 0.6 is 24.2 Å². The van der Waals surface area contributed by atoms with E-state index in [4.69, 9.17) is 11.6 Å². The van der Waals surface area contributed by atoms with Gasteiger partial charge in [0.15, 0.2) is 0 Å². The van der Waals surface area contributed by atoms with E-state index in [0.717, 1.165) is 13.3 Å². The number of nitrogens with one attached hydrogen (secondary N) is 2. The van der Waals surface area contributed by atoms with Gasteiger partial charge in [-0.2, -0.15) is 12.6 Å². The Labute approximate surface area is 280 Å². The van der Waals surface area contributed by atoms with Gasteiger partial charge in [-0.25, -0.2) is 17.5 Å². The number of nitrogens with zero attached hydrogens (tertiary/aromatic N) is 1. The first-order valence-electron chi connectivity index (χ1n) is 14.9. The molecule has 0 fully saturated rings. The van der Waals surface area contributed by atoms with Crippen molar-refractivity contribution in [1.82, 2.24) is 14.9 Å². The third kappa shape index (κ3) is 10.3. The maximum absolute atomic E-state index is 14.1. The van der Waals surface area contributed by atoms with Gasteiger partial charge in [0.2, 0.25) is 11.8 Å². The number of carbonyl (C=O) groups excluding carboxylic acids is 3. The molecule has 3 aromatic rings. The maximum atomic E-state index is 14.1. The number of hydrogen-bond acceptors (Lipinski definition) is 7. The predicted octanol–water partition coefficient (Wildman–Crippen LogP) is 4.76. The molecule has 0 aliphatic heterocycles. The smallest absolute Gasteiger partial charge is 0.264 e. The number of amides is 3. The number of rotatable bonds is 16. The SMILES string of the molecule is CCCCC(=O)N(CCNC(=O)[C@@H](CS)Cc1ccccc1F)Cc1ccc(-c2ccccc2S(=O)(=O)NC(=O)[C@H](C)O)c(Cl)c1. The van der Waals surface area contributed by atoms with Crippen LogP contribution in [-0.4, -0.2) is 61.1 Å². The van der Waals surface area contributed by atoms with Crippen LogP contribution in [0.3, 0.4) is 0 Å². The van der Waals surface area contributed by atoms with Gasteiger partial charge in [0.1, 0.15) is 11.9 Å². The van der Waals surface area contributed by atoms with E-state index in [1.165, 1.54) is 18.2 Å². The Morgan fingerprint density at radius 2 is 1.72 bits per heavy atom. The summed E-state index contributed by atoms with van der Waals surface area (Å²) in [5.74, 6) is -2.16. The van der Waals surface area contributed by atoms with Crippen molar-refractivity contribution in [3.63, 3.8) is 0 Å². The fraction of sp³-hybridized carbons (Fsp3) is 0.364. The van der Waals surface area contributed by atoms with Gasteiger partial charge in [-0.05, 0) is 49.1 Å². The standard InChI is InChI=1S/C33H39ClFN3O6S2/c1-3-4-13-31(40)38(17-16-36-33(42)25(21-45)19-24-9-5-7-11-29(24)35)20-23-14-15-26(28(34)18-23)27-10-6-8-12-30(27)46(43,44)37-32(41)22(2)39/h5-12,14-15,18,22,25,39,45H,3-4,13,16-17,19-21H2,1-2H3,(H,36,42)(H,37,41)/t22-,25+/m0/s1. The number of unbranched alkanes of at least 4 members (excludes halogenated alkanes) is 1. The summed E-state index contributed by atoms with van der Waals surface area (Å²) in [5.41, 5.74) is 1.75. The Morgan fingerprint density at radius 3 is 2.37 bits per heavy atom. The lowest BCUT2D eigenvalue weighted by molar-refractivity contribution is -0.132. The zero-order valence-electron chi connectivity index (χ0n) is 25.7. The second-order valence-corrected chi connectivity index (χ2v) is 13.3. The van der Waals surface area contributed by atoms with Crippen LogP contribution in [0.2, 0.25) is 5.02 Å². The lowest BCUT2D eigenvalue weighted by Crippen LogP contribution is -2.40. The van der Waals surface area contributed by atoms with Crippen LogP contribution in [0.25, 0.3) is 11.1 Å². The molecule has 0 aromatic heterocycles. The average Bonchev–Trinajstić information content (AvgIpc) is 3.02. The molecule has 13 heteroatoms. The van der Waals surface area contributed by atoms with Crippen molar-refractivity contribution < 1.29 is 32.3 Å². The molecule has 3 rings (SSSR count). The molecule has 0 unspecified atom stereocenters. The van der Waals surface area contributed by atoms with Crippen molar-refractivity contribution in [3.8, 4) is 11.1 Å². The van der Waals surface area contributed by atoms with Crippen LogP contribution in [0.1, 0.15) is 44.2 Å². The molecule has 0 saturated heterocycles. The molecular weight excluding hydrogens is 653 g/mol. The molecule has 0 aliphatic rings. The number of benzene rings is 3. The summed E-state index contributed by atoms with van der Waals surface area (Å²) in [6, 6.07) is 17.3. The van der Waals surface area contributed by atoms with Crippen molar-refractivity contribution in [2.24, 2.45) is 5.92 Å². The summed E-state index contributed by atoms with van der Waals surface area (Å²) in [6.07, 6.45) is 0.527. The molecule has 248 valence electrons. The number of aliphatic hydroxyl groups excluding tert-OH is 1. The van der Waals surface area contributed by atoms with Crippen molar-refractivity contribution in [1.29, 1.82) is 0 Å². The summed E-state index contributed by atoms with van der Waals surface area (Å²) < 4.78 is 41.9. The number of sulfonamides is 1. The third-order valence-electron chi connectivity index (χ3n) is 7.28. The van der Waals surface area contributed by atoms with Gasteiger partial charge < -0.3 is 15.3 Å². The average molecular weight is 692 g/mol. The highest BCUT2D eigenvalue weighted by atomic mass is 35.5. The first-order valence-corrected chi connectivity index (χ1v) is 17.4. The largest absolute Gasteiger partial charge is 0.384 e. The van der Waals surface area contributed by atoms with Gasteiger partial charge >= 0.3 is 0 Å². The highest BCUT2D eigenvalue weighted by Crippen LogP contribution is 2.33. The zero-order chi connectivity index (χ0) is 33.9. The van der Waals surface area contributed by atoms with Crippen LogP contribution in [0, 0.1) is 11.7 Å². The van der Waals surface area contributed by atoms with Crippen LogP contribution in [0.5, 0.6) is 0 Å². The number of thiol groups is 1. The lowest BCUT2D eigenvalue weighted by Gasteiger charge is -2.24. The van der Waals surface area contributed by atoms with Crippen molar-refractivity contribution in [2.75, 3.05) is 18.8 Å². The molecule has 0 spiro atoms. The highest BCUT2D eigenvalue weighted by Gasteiger charge is 2.25. The molecule has 0 heterocycles. The van der Waals surface area contributed by atoms with Gasteiger partial charge in [-0.1, -0.05) is 73.5 Å². The maximum Gasteiger partial charge on any atom is 0.264 e. The number of hydrogen-bond donors (Lipinski definition) is 4. The highest BCUT2D eigenvalue weighted by molar-refractivity contribution is 7.90. The zero-order valence-corrected chi connectivity index (χ0v) is 28.2. The molecule has 9 nitrogen and oxygen atoms in total. The molecule has 46 heavy (non-hydrogen) atoms. The van der Waals surface area contributed by atoms with E-state index in [0.29, 0.717) is 29.5 Å². The number of aliphatic hydroxyl groups is 1. The van der Waals surface area contributed by atoms with E-state index in [1.54, 1.807) is 53.4 Å². The minimum absolute atomic E-state index is 0.0984. The quantitative estimate of drug-likeness (QED) is 0.160. The minimum Gasteiger partial charge on any atom is -0.384 e. The molecule has 2 atom stereocenters. The topological polar surface area (TPSA) is 133 Å². The van der Waals surface area contributed by atoms with E-state index in [2.05, 4.69) is 17.9 Å². The van der Waals surface area contributed by atoms with E-state index < -0.39 is 28.0 Å². The Balaban J connectivity index is 1.76. The first-order chi connectivity index (χ1) is 21.9. The van der Waals surface area contributed by atoms with E-state index in [9.17, 15) is 32.3 Å². The van der Waals surface area contributed by atoms with E-state index in [1.807, 2.05) is 11.6 Å². The summed E-state index contributed by atoms with van der Waals surface area (Å²) in [5, 5.41) is 12.5. The summed E-state index contributed by atoms with van der Waals surface area (Å²) in [4.78, 5) is 39.4. The van der Waals surface area contributed by atoms with Gasteiger partial charge in [0.05, 0.1) is 10.8 Å². The molecule has 0 aliphatic carbocycles. The summed E-state index contributed by atoms with van der Waals surface area (Å²) >= 11 is 10.9. The fourth-order valence-electron chi connectivity index (χ4n) is 4.70. The first kappa shape index (κ1) is 37.0. The second kappa shape index (κ2) is 17.5. The summed E-state index contributed by atoms with van der Waals surface area (Å²) in [6.45, 7) is 3.72. The molecule has 0 bridgehead atoms. The van der Waals surface area contributed by atoms with Gasteiger partial charge in [-0.15, -0.1) is 0 Å². The molecule has 3 amide bonds. The van der Waals surface area contributed by atoms with Crippen molar-refractivity contribution in [2.45, 2.75) is 57.1 Å². The number of carbonyl (C=O) groups is 3. The monoisotopic (exact) mass is 691 g/mol. The molecule has 3 aromatic carbocycles. The third-order valence-corrected chi connectivity index (χ3v) is 9.44. The van der Waals surface area contributed by atoms with Gasteiger partial charge in [0, 0.05) is 48.0 Å². The predicted molar refractivity (Wildman–Crippen MR) is 179 cm³/mol.